The van der Waals surface area contributed by atoms with Gasteiger partial charge in [-0.25, -0.2) is 4.79 Å². The fourth-order valence-electron chi connectivity index (χ4n) is 3.75. The summed E-state index contributed by atoms with van der Waals surface area (Å²) in [6.45, 7) is 1.62. The Kier molecular flexibility index (Phi) is 7.97. The van der Waals surface area contributed by atoms with Crippen LogP contribution in [0.3, 0.4) is 0 Å². The van der Waals surface area contributed by atoms with Crippen molar-refractivity contribution in [2.24, 2.45) is 5.92 Å². The highest BCUT2D eigenvalue weighted by atomic mass is 16.4. The molecule has 170 valence electrons. The van der Waals surface area contributed by atoms with Crippen molar-refractivity contribution in [2.75, 3.05) is 0 Å². The summed E-state index contributed by atoms with van der Waals surface area (Å²) in [5, 5.41) is 21.4. The topological polar surface area (TPSA) is 104 Å². The van der Waals surface area contributed by atoms with Crippen LogP contribution in [0, 0.1) is 5.92 Å². The van der Waals surface area contributed by atoms with Gasteiger partial charge in [-0.3, -0.25) is 9.59 Å². The third-order valence-electron chi connectivity index (χ3n) is 5.51. The zero-order valence-electron chi connectivity index (χ0n) is 18.4. The van der Waals surface area contributed by atoms with Crippen LogP contribution < -0.4 is 5.32 Å². The smallest absolute Gasteiger partial charge is 0.335 e. The van der Waals surface area contributed by atoms with Crippen molar-refractivity contribution in [3.63, 3.8) is 0 Å². The second-order valence-electron chi connectivity index (χ2n) is 8.19. The predicted octanol–water partition coefficient (Wildman–Crippen LogP) is 4.43. The Balaban J connectivity index is 1.70. The number of rotatable bonds is 10. The molecule has 6 heteroatoms. The Bertz CT molecular complexity index is 1110. The molecule has 0 fully saturated rings. The third-order valence-corrected chi connectivity index (χ3v) is 5.51. The summed E-state index contributed by atoms with van der Waals surface area (Å²) in [6, 6.07) is 23.9. The third kappa shape index (κ3) is 7.04. The first-order chi connectivity index (χ1) is 15.8. The lowest BCUT2D eigenvalue weighted by Gasteiger charge is -2.21. The van der Waals surface area contributed by atoms with Crippen molar-refractivity contribution in [1.29, 1.82) is 0 Å². The number of carbonyl (C=O) groups is 3. The molecule has 3 N–H and O–H groups in total. The van der Waals surface area contributed by atoms with Crippen molar-refractivity contribution in [3.05, 3.63) is 95.6 Å². The maximum atomic E-state index is 12.7. The Labute approximate surface area is 192 Å². The van der Waals surface area contributed by atoms with Gasteiger partial charge in [0, 0.05) is 6.04 Å². The molecule has 0 saturated carbocycles. The van der Waals surface area contributed by atoms with Crippen molar-refractivity contribution in [2.45, 2.75) is 32.2 Å². The zero-order chi connectivity index (χ0) is 23.8. The molecule has 0 aromatic heterocycles. The van der Waals surface area contributed by atoms with Crippen LogP contribution in [0.5, 0.6) is 0 Å². The number of amides is 1. The molecule has 0 spiro atoms. The minimum Gasteiger partial charge on any atom is -0.481 e. The van der Waals surface area contributed by atoms with Gasteiger partial charge in [0.15, 0.2) is 0 Å². The summed E-state index contributed by atoms with van der Waals surface area (Å²) in [6.07, 6.45) is 0.802. The van der Waals surface area contributed by atoms with E-state index in [-0.39, 0.29) is 30.4 Å². The van der Waals surface area contributed by atoms with Crippen LogP contribution in [0.15, 0.2) is 78.9 Å². The lowest BCUT2D eigenvalue weighted by Crippen LogP contribution is -2.39. The Hall–Kier alpha value is -3.93. The summed E-state index contributed by atoms with van der Waals surface area (Å²) in [4.78, 5) is 35.2. The van der Waals surface area contributed by atoms with Crippen LogP contribution >= 0.6 is 0 Å². The van der Waals surface area contributed by atoms with Crippen molar-refractivity contribution >= 4 is 17.8 Å². The first-order valence-electron chi connectivity index (χ1n) is 10.8. The Morgan fingerprint density at radius 2 is 1.48 bits per heavy atom. The zero-order valence-corrected chi connectivity index (χ0v) is 18.4. The number of aromatic carboxylic acids is 1. The SMILES string of the molecule is C[C@H](CC(Cc1ccc(-c2ccccc2)cc1)NC(=O)Cc1cccc(C(=O)O)c1)C(=O)O. The molecule has 3 rings (SSSR count). The molecule has 0 aliphatic rings. The van der Waals surface area contributed by atoms with Gasteiger partial charge in [-0.2, -0.15) is 0 Å². The van der Waals surface area contributed by atoms with E-state index < -0.39 is 17.9 Å². The van der Waals surface area contributed by atoms with E-state index in [0.29, 0.717) is 12.0 Å². The molecule has 33 heavy (non-hydrogen) atoms. The number of carboxylic acid groups (broad SMARTS) is 2. The molecule has 6 nitrogen and oxygen atoms in total. The van der Waals surface area contributed by atoms with E-state index in [2.05, 4.69) is 5.32 Å². The van der Waals surface area contributed by atoms with Crippen molar-refractivity contribution < 1.29 is 24.6 Å². The summed E-state index contributed by atoms with van der Waals surface area (Å²) >= 11 is 0. The van der Waals surface area contributed by atoms with E-state index in [9.17, 15) is 19.5 Å². The van der Waals surface area contributed by atoms with E-state index in [1.54, 1.807) is 19.1 Å². The van der Waals surface area contributed by atoms with E-state index >= 15 is 0 Å². The summed E-state index contributed by atoms with van der Waals surface area (Å²) in [5.74, 6) is -2.86. The molecule has 0 aliphatic carbocycles. The van der Waals surface area contributed by atoms with Crippen LogP contribution in [0.4, 0.5) is 0 Å². The number of nitrogens with one attached hydrogen (secondary N) is 1. The van der Waals surface area contributed by atoms with Crippen molar-refractivity contribution in [3.8, 4) is 11.1 Å². The van der Waals surface area contributed by atoms with Crippen LogP contribution in [0.2, 0.25) is 0 Å². The van der Waals surface area contributed by atoms with Gasteiger partial charge in [0.25, 0.3) is 0 Å². The molecule has 2 atom stereocenters. The van der Waals surface area contributed by atoms with Crippen LogP contribution in [-0.4, -0.2) is 34.1 Å². The fraction of sp³-hybridized carbons (Fsp3) is 0.222. The van der Waals surface area contributed by atoms with Gasteiger partial charge in [-0.05, 0) is 47.2 Å². The minimum absolute atomic E-state index is 0.0199. The number of aliphatic carboxylic acids is 1. The van der Waals surface area contributed by atoms with Crippen LogP contribution in [-0.2, 0) is 22.4 Å². The largest absolute Gasteiger partial charge is 0.481 e. The Morgan fingerprint density at radius 3 is 2.12 bits per heavy atom. The van der Waals surface area contributed by atoms with Crippen LogP contribution in [0.25, 0.3) is 11.1 Å². The lowest BCUT2D eigenvalue weighted by molar-refractivity contribution is -0.141. The first-order valence-corrected chi connectivity index (χ1v) is 10.8. The molecule has 0 aliphatic heterocycles. The molecular weight excluding hydrogens is 418 g/mol. The second kappa shape index (κ2) is 11.1. The van der Waals surface area contributed by atoms with Gasteiger partial charge in [0.1, 0.15) is 0 Å². The molecule has 0 radical (unpaired) electrons. The first kappa shape index (κ1) is 23.7. The molecule has 1 amide bonds. The predicted molar refractivity (Wildman–Crippen MR) is 126 cm³/mol. The molecule has 0 saturated heterocycles. The highest BCUT2D eigenvalue weighted by molar-refractivity contribution is 5.88. The number of carbonyl (C=O) groups excluding carboxylic acids is 1. The fourth-order valence-corrected chi connectivity index (χ4v) is 3.75. The molecule has 3 aromatic carbocycles. The quantitative estimate of drug-likeness (QED) is 0.428. The highest BCUT2D eigenvalue weighted by Crippen LogP contribution is 2.21. The van der Waals surface area contributed by atoms with E-state index in [4.69, 9.17) is 5.11 Å². The van der Waals surface area contributed by atoms with Crippen LogP contribution in [0.1, 0.15) is 34.8 Å². The number of carboxylic acids is 2. The molecular formula is C27H27NO5. The van der Waals surface area contributed by atoms with Gasteiger partial charge in [-0.1, -0.05) is 73.7 Å². The second-order valence-corrected chi connectivity index (χ2v) is 8.19. The highest BCUT2D eigenvalue weighted by Gasteiger charge is 2.21. The van der Waals surface area contributed by atoms with E-state index in [0.717, 1.165) is 16.7 Å². The molecule has 3 aromatic rings. The summed E-state index contributed by atoms with van der Waals surface area (Å²) in [7, 11) is 0. The summed E-state index contributed by atoms with van der Waals surface area (Å²) < 4.78 is 0. The monoisotopic (exact) mass is 445 g/mol. The average Bonchev–Trinajstić information content (AvgIpc) is 2.80. The van der Waals surface area contributed by atoms with Crippen molar-refractivity contribution in [1.82, 2.24) is 5.32 Å². The molecule has 1 unspecified atom stereocenters. The minimum atomic E-state index is -1.05. The lowest BCUT2D eigenvalue weighted by atomic mass is 9.94. The van der Waals surface area contributed by atoms with E-state index in [1.807, 2.05) is 54.6 Å². The van der Waals surface area contributed by atoms with Gasteiger partial charge in [-0.15, -0.1) is 0 Å². The van der Waals surface area contributed by atoms with Gasteiger partial charge >= 0.3 is 11.9 Å². The number of hydrogen-bond donors (Lipinski definition) is 3. The number of benzene rings is 3. The summed E-state index contributed by atoms with van der Waals surface area (Å²) in [5.41, 5.74) is 3.89. The normalized spacial score (nSPS) is 12.5. The number of hydrogen-bond acceptors (Lipinski definition) is 3. The average molecular weight is 446 g/mol. The van der Waals surface area contributed by atoms with E-state index in [1.165, 1.54) is 12.1 Å². The van der Waals surface area contributed by atoms with Gasteiger partial charge in [0.2, 0.25) is 5.91 Å². The molecule has 0 heterocycles. The maximum Gasteiger partial charge on any atom is 0.335 e. The van der Waals surface area contributed by atoms with Gasteiger partial charge in [0.05, 0.1) is 17.9 Å². The molecule has 0 bridgehead atoms. The maximum absolute atomic E-state index is 12.7. The standard InChI is InChI=1S/C27H27NO5/c1-18(26(30)31)14-24(28-25(29)17-20-6-5-9-23(15-20)27(32)33)16-19-10-12-22(13-11-19)21-7-3-2-4-8-21/h2-13,15,18,24H,14,16-17H2,1H3,(H,28,29)(H,30,31)(H,32,33)/t18-,24?/m1/s1. The van der Waals surface area contributed by atoms with Gasteiger partial charge < -0.3 is 15.5 Å². The Morgan fingerprint density at radius 1 is 0.818 bits per heavy atom.